The van der Waals surface area contributed by atoms with Crippen molar-refractivity contribution in [3.05, 3.63) is 34.1 Å². The van der Waals surface area contributed by atoms with Gasteiger partial charge in [-0.15, -0.1) is 0 Å². The summed E-state index contributed by atoms with van der Waals surface area (Å²) < 4.78 is 15.0. The van der Waals surface area contributed by atoms with Crippen molar-refractivity contribution in [1.29, 1.82) is 0 Å². The summed E-state index contributed by atoms with van der Waals surface area (Å²) in [6.07, 6.45) is 4.83. The fourth-order valence-corrected chi connectivity index (χ4v) is 3.83. The van der Waals surface area contributed by atoms with Crippen molar-refractivity contribution < 1.29 is 4.39 Å². The Balaban J connectivity index is 2.23. The molecule has 0 bridgehead atoms. The standard InChI is InChI=1S/C17H25BrFN/c1-3-12-8-9-13(11-20-4-2)15(10-12)14-6-5-7-16(18)17(14)19/h5-7,12-13,15,20H,3-4,8-11H2,1-2H3. The summed E-state index contributed by atoms with van der Waals surface area (Å²) in [6.45, 7) is 6.38. The molecule has 0 spiro atoms. The Morgan fingerprint density at radius 1 is 1.30 bits per heavy atom. The predicted molar refractivity (Wildman–Crippen MR) is 86.5 cm³/mol. The molecule has 1 aliphatic rings. The highest BCUT2D eigenvalue weighted by atomic mass is 79.9. The smallest absolute Gasteiger partial charge is 0.140 e. The van der Waals surface area contributed by atoms with Crippen LogP contribution in [-0.4, -0.2) is 13.1 Å². The molecule has 3 unspecified atom stereocenters. The Hall–Kier alpha value is -0.410. The number of rotatable bonds is 5. The largest absolute Gasteiger partial charge is 0.317 e. The van der Waals surface area contributed by atoms with Crippen molar-refractivity contribution in [2.75, 3.05) is 13.1 Å². The molecule has 0 heterocycles. The molecule has 0 aliphatic heterocycles. The predicted octanol–water partition coefficient (Wildman–Crippen LogP) is 5.11. The summed E-state index contributed by atoms with van der Waals surface area (Å²) in [6, 6.07) is 5.72. The summed E-state index contributed by atoms with van der Waals surface area (Å²) in [4.78, 5) is 0. The topological polar surface area (TPSA) is 12.0 Å². The highest BCUT2D eigenvalue weighted by Crippen LogP contribution is 2.43. The van der Waals surface area contributed by atoms with Gasteiger partial charge in [-0.3, -0.25) is 0 Å². The van der Waals surface area contributed by atoms with Gasteiger partial charge in [0.1, 0.15) is 5.82 Å². The van der Waals surface area contributed by atoms with Crippen LogP contribution in [0.15, 0.2) is 22.7 Å². The highest BCUT2D eigenvalue weighted by Gasteiger charge is 2.32. The van der Waals surface area contributed by atoms with Gasteiger partial charge in [0.25, 0.3) is 0 Å². The Kier molecular flexibility index (Phi) is 6.03. The van der Waals surface area contributed by atoms with Gasteiger partial charge in [0, 0.05) is 0 Å². The third-order valence-corrected chi connectivity index (χ3v) is 5.33. The lowest BCUT2D eigenvalue weighted by Crippen LogP contribution is -2.32. The van der Waals surface area contributed by atoms with E-state index >= 15 is 0 Å². The maximum Gasteiger partial charge on any atom is 0.140 e. The van der Waals surface area contributed by atoms with E-state index in [1.54, 1.807) is 6.07 Å². The first-order valence-corrected chi connectivity index (χ1v) is 8.61. The van der Waals surface area contributed by atoms with Gasteiger partial charge >= 0.3 is 0 Å². The van der Waals surface area contributed by atoms with Crippen molar-refractivity contribution in [3.8, 4) is 0 Å². The number of benzene rings is 1. The minimum absolute atomic E-state index is 0.0595. The van der Waals surface area contributed by atoms with Crippen LogP contribution in [-0.2, 0) is 0 Å². The van der Waals surface area contributed by atoms with E-state index in [0.717, 1.165) is 31.0 Å². The first-order chi connectivity index (χ1) is 9.67. The summed E-state index contributed by atoms with van der Waals surface area (Å²) in [5, 5.41) is 3.45. The number of nitrogens with one attached hydrogen (secondary N) is 1. The third kappa shape index (κ3) is 3.62. The molecular formula is C17H25BrFN. The maximum atomic E-state index is 14.4. The zero-order valence-corrected chi connectivity index (χ0v) is 14.0. The van der Waals surface area contributed by atoms with Gasteiger partial charge < -0.3 is 5.32 Å². The zero-order valence-electron chi connectivity index (χ0n) is 12.5. The van der Waals surface area contributed by atoms with Crippen LogP contribution in [0.4, 0.5) is 4.39 Å². The summed E-state index contributed by atoms with van der Waals surface area (Å²) in [5.41, 5.74) is 0.903. The molecule has 1 fully saturated rings. The Morgan fingerprint density at radius 2 is 2.10 bits per heavy atom. The van der Waals surface area contributed by atoms with Gasteiger partial charge in [-0.1, -0.05) is 38.8 Å². The maximum absolute atomic E-state index is 14.4. The summed E-state index contributed by atoms with van der Waals surface area (Å²) >= 11 is 3.33. The minimum Gasteiger partial charge on any atom is -0.317 e. The molecule has 0 radical (unpaired) electrons. The molecule has 1 saturated carbocycles. The first-order valence-electron chi connectivity index (χ1n) is 7.81. The monoisotopic (exact) mass is 341 g/mol. The minimum atomic E-state index is -0.0595. The van der Waals surface area contributed by atoms with Crippen molar-refractivity contribution in [1.82, 2.24) is 5.32 Å². The van der Waals surface area contributed by atoms with Crippen LogP contribution < -0.4 is 5.32 Å². The molecule has 2 rings (SSSR count). The molecule has 0 saturated heterocycles. The second-order valence-corrected chi connectivity index (χ2v) is 6.76. The molecule has 3 heteroatoms. The van der Waals surface area contributed by atoms with Gasteiger partial charge in [0.2, 0.25) is 0 Å². The second kappa shape index (κ2) is 7.56. The molecule has 1 nitrogen and oxygen atoms in total. The SMILES string of the molecule is CCNCC1CCC(CC)CC1c1cccc(Br)c1F. The average Bonchev–Trinajstić information content (AvgIpc) is 2.48. The highest BCUT2D eigenvalue weighted by molar-refractivity contribution is 9.10. The summed E-state index contributed by atoms with van der Waals surface area (Å²) in [7, 11) is 0. The Bertz CT molecular complexity index is 435. The van der Waals surface area contributed by atoms with E-state index in [1.165, 1.54) is 19.3 Å². The van der Waals surface area contributed by atoms with E-state index in [0.29, 0.717) is 16.3 Å². The van der Waals surface area contributed by atoms with E-state index in [2.05, 4.69) is 35.1 Å². The van der Waals surface area contributed by atoms with Crippen LogP contribution in [0.5, 0.6) is 0 Å². The van der Waals surface area contributed by atoms with Crippen molar-refractivity contribution >= 4 is 15.9 Å². The fourth-order valence-electron chi connectivity index (χ4n) is 3.45. The van der Waals surface area contributed by atoms with Crippen molar-refractivity contribution in [2.24, 2.45) is 11.8 Å². The van der Waals surface area contributed by atoms with Gasteiger partial charge in [0.15, 0.2) is 0 Å². The molecule has 1 aliphatic carbocycles. The quantitative estimate of drug-likeness (QED) is 0.784. The first kappa shape index (κ1) is 16.0. The van der Waals surface area contributed by atoms with Gasteiger partial charge in [-0.05, 0) is 71.2 Å². The molecule has 0 aromatic heterocycles. The number of hydrogen-bond donors (Lipinski definition) is 1. The zero-order chi connectivity index (χ0) is 14.5. The van der Waals surface area contributed by atoms with Crippen LogP contribution in [0.3, 0.4) is 0 Å². The van der Waals surface area contributed by atoms with Crippen LogP contribution in [0.2, 0.25) is 0 Å². The molecule has 3 atom stereocenters. The van der Waals surface area contributed by atoms with Crippen LogP contribution >= 0.6 is 15.9 Å². The van der Waals surface area contributed by atoms with Crippen molar-refractivity contribution in [2.45, 2.75) is 45.4 Å². The lowest BCUT2D eigenvalue weighted by molar-refractivity contribution is 0.223. The number of halogens is 2. The molecule has 1 aromatic carbocycles. The van der Waals surface area contributed by atoms with Gasteiger partial charge in [-0.25, -0.2) is 4.39 Å². The Morgan fingerprint density at radius 3 is 2.80 bits per heavy atom. The third-order valence-electron chi connectivity index (χ3n) is 4.72. The second-order valence-electron chi connectivity index (χ2n) is 5.90. The van der Waals surface area contributed by atoms with Gasteiger partial charge in [0.05, 0.1) is 4.47 Å². The van der Waals surface area contributed by atoms with E-state index in [1.807, 2.05) is 12.1 Å². The van der Waals surface area contributed by atoms with Crippen molar-refractivity contribution in [3.63, 3.8) is 0 Å². The Labute approximate surface area is 130 Å². The normalized spacial score (nSPS) is 26.7. The summed E-state index contributed by atoms with van der Waals surface area (Å²) in [5.74, 6) is 1.60. The molecule has 1 N–H and O–H groups in total. The van der Waals surface area contributed by atoms with Crippen LogP contribution in [0, 0.1) is 17.7 Å². The molecule has 20 heavy (non-hydrogen) atoms. The number of hydrogen-bond acceptors (Lipinski definition) is 1. The lowest BCUT2D eigenvalue weighted by atomic mass is 9.70. The van der Waals surface area contributed by atoms with E-state index in [9.17, 15) is 4.39 Å². The fraction of sp³-hybridized carbons (Fsp3) is 0.647. The lowest BCUT2D eigenvalue weighted by Gasteiger charge is -2.36. The molecule has 0 amide bonds. The average molecular weight is 342 g/mol. The van der Waals surface area contributed by atoms with E-state index < -0.39 is 0 Å². The molecule has 112 valence electrons. The van der Waals surface area contributed by atoms with Crippen LogP contribution in [0.1, 0.15) is 51.0 Å². The van der Waals surface area contributed by atoms with E-state index in [4.69, 9.17) is 0 Å². The molecular weight excluding hydrogens is 317 g/mol. The molecule has 1 aromatic rings. The van der Waals surface area contributed by atoms with E-state index in [-0.39, 0.29) is 5.82 Å². The van der Waals surface area contributed by atoms with Gasteiger partial charge in [-0.2, -0.15) is 0 Å². The van der Waals surface area contributed by atoms with Crippen LogP contribution in [0.25, 0.3) is 0 Å².